The number of amides is 2. The average Bonchev–Trinajstić information content (AvgIpc) is 2.08. The number of hydrogen-bond acceptors (Lipinski definition) is 2. The van der Waals surface area contributed by atoms with Crippen LogP contribution in [0.1, 0.15) is 0 Å². The zero-order valence-electron chi connectivity index (χ0n) is 7.47. The second-order valence-corrected chi connectivity index (χ2v) is 4.71. The molecular formula is C8H8BrIN4O. The summed E-state index contributed by atoms with van der Waals surface area (Å²) in [5, 5.41) is 12.2. The van der Waals surface area contributed by atoms with Crippen molar-refractivity contribution in [1.82, 2.24) is 5.32 Å². The predicted molar refractivity (Wildman–Crippen MR) is 70.9 cm³/mol. The van der Waals surface area contributed by atoms with Crippen molar-refractivity contribution in [3.05, 3.63) is 26.2 Å². The molecule has 0 fully saturated rings. The maximum Gasteiger partial charge on any atom is 0.318 e. The molecule has 15 heavy (non-hydrogen) atoms. The van der Waals surface area contributed by atoms with Crippen LogP contribution < -0.4 is 16.4 Å². The van der Waals surface area contributed by atoms with Crippen LogP contribution in [0.5, 0.6) is 0 Å². The Hall–Kier alpha value is -0.830. The molecule has 0 saturated heterocycles. The minimum atomic E-state index is -0.769. The van der Waals surface area contributed by atoms with Crippen LogP contribution in [-0.2, 0) is 0 Å². The molecule has 1 rings (SSSR count). The minimum Gasteiger partial charge on any atom is -0.351 e. The molecule has 7 heteroatoms. The summed E-state index contributed by atoms with van der Waals surface area (Å²) >= 11 is 5.51. The largest absolute Gasteiger partial charge is 0.351 e. The van der Waals surface area contributed by atoms with E-state index in [1.807, 2.05) is 12.1 Å². The van der Waals surface area contributed by atoms with Gasteiger partial charge < -0.3 is 11.1 Å². The zero-order valence-corrected chi connectivity index (χ0v) is 11.2. The van der Waals surface area contributed by atoms with Gasteiger partial charge in [0, 0.05) is 8.04 Å². The number of anilines is 1. The smallest absolute Gasteiger partial charge is 0.318 e. The molecule has 0 aromatic heterocycles. The van der Waals surface area contributed by atoms with Crippen molar-refractivity contribution in [2.24, 2.45) is 5.73 Å². The number of benzene rings is 1. The van der Waals surface area contributed by atoms with Crippen molar-refractivity contribution < 1.29 is 4.79 Å². The van der Waals surface area contributed by atoms with Crippen LogP contribution >= 0.6 is 38.5 Å². The summed E-state index contributed by atoms with van der Waals surface area (Å²) in [5.74, 6) is -0.163. The Labute approximate surface area is 109 Å². The summed E-state index contributed by atoms with van der Waals surface area (Å²) in [4.78, 5) is 10.5. The molecule has 80 valence electrons. The first-order valence-electron chi connectivity index (χ1n) is 3.86. The van der Waals surface area contributed by atoms with E-state index in [2.05, 4.69) is 49.2 Å². The van der Waals surface area contributed by atoms with E-state index in [1.165, 1.54) is 0 Å². The SMILES string of the molecule is N=C(NC(N)=O)Nc1ccc(I)cc1Br. The normalized spacial score (nSPS) is 9.47. The van der Waals surface area contributed by atoms with Crippen molar-refractivity contribution in [1.29, 1.82) is 5.41 Å². The average molecular weight is 383 g/mol. The number of hydrogen-bond donors (Lipinski definition) is 4. The molecule has 5 N–H and O–H groups in total. The van der Waals surface area contributed by atoms with Gasteiger partial charge in [0.1, 0.15) is 0 Å². The number of guanidine groups is 1. The maximum absolute atomic E-state index is 10.5. The molecule has 5 nitrogen and oxygen atoms in total. The van der Waals surface area contributed by atoms with Crippen LogP contribution in [0.3, 0.4) is 0 Å². The van der Waals surface area contributed by atoms with Crippen molar-refractivity contribution >= 4 is 56.2 Å². The van der Waals surface area contributed by atoms with Gasteiger partial charge in [-0.1, -0.05) is 0 Å². The van der Waals surface area contributed by atoms with Gasteiger partial charge in [0.2, 0.25) is 5.96 Å². The number of halogens is 2. The lowest BCUT2D eigenvalue weighted by Crippen LogP contribution is -2.38. The monoisotopic (exact) mass is 382 g/mol. The fourth-order valence-electron chi connectivity index (χ4n) is 0.880. The number of urea groups is 1. The van der Waals surface area contributed by atoms with Crippen LogP contribution in [0.25, 0.3) is 0 Å². The highest BCUT2D eigenvalue weighted by atomic mass is 127. The third-order valence-corrected chi connectivity index (χ3v) is 2.77. The second kappa shape index (κ2) is 5.31. The van der Waals surface area contributed by atoms with Gasteiger partial charge in [0.05, 0.1) is 5.69 Å². The van der Waals surface area contributed by atoms with Crippen LogP contribution in [0.15, 0.2) is 22.7 Å². The van der Waals surface area contributed by atoms with E-state index in [-0.39, 0.29) is 5.96 Å². The molecule has 0 aliphatic carbocycles. The van der Waals surface area contributed by atoms with E-state index in [4.69, 9.17) is 11.1 Å². The highest BCUT2D eigenvalue weighted by molar-refractivity contribution is 14.1. The molecule has 0 spiro atoms. The lowest BCUT2D eigenvalue weighted by Gasteiger charge is -2.09. The molecule has 0 radical (unpaired) electrons. The molecule has 0 aliphatic rings. The standard InChI is InChI=1S/C8H8BrIN4O/c9-5-3-4(10)1-2-6(5)13-7(11)14-8(12)15/h1-3H,(H5,11,12,13,14,15). The Balaban J connectivity index is 2.72. The lowest BCUT2D eigenvalue weighted by atomic mass is 10.3. The fraction of sp³-hybridized carbons (Fsp3) is 0. The number of nitrogens with one attached hydrogen (secondary N) is 3. The molecule has 0 aliphatic heterocycles. The summed E-state index contributed by atoms with van der Waals surface area (Å²) in [6.07, 6.45) is 0. The van der Waals surface area contributed by atoms with E-state index >= 15 is 0 Å². The first-order chi connectivity index (χ1) is 6.99. The van der Waals surface area contributed by atoms with Crippen LogP contribution in [0.2, 0.25) is 0 Å². The zero-order chi connectivity index (χ0) is 11.4. The number of primary amides is 1. The van der Waals surface area contributed by atoms with Crippen molar-refractivity contribution in [3.63, 3.8) is 0 Å². The topological polar surface area (TPSA) is 91.0 Å². The summed E-state index contributed by atoms with van der Waals surface area (Å²) in [5.41, 5.74) is 5.55. The third kappa shape index (κ3) is 4.04. The number of rotatable bonds is 1. The quantitative estimate of drug-likeness (QED) is 0.340. The van der Waals surface area contributed by atoms with Crippen LogP contribution in [0, 0.1) is 8.98 Å². The Morgan fingerprint density at radius 3 is 2.73 bits per heavy atom. The first-order valence-corrected chi connectivity index (χ1v) is 5.73. The minimum absolute atomic E-state index is 0.163. The molecule has 1 aromatic carbocycles. The van der Waals surface area contributed by atoms with Gasteiger partial charge in [-0.15, -0.1) is 0 Å². The van der Waals surface area contributed by atoms with E-state index < -0.39 is 6.03 Å². The van der Waals surface area contributed by atoms with E-state index in [0.29, 0.717) is 5.69 Å². The lowest BCUT2D eigenvalue weighted by molar-refractivity contribution is 0.253. The molecule has 0 unspecified atom stereocenters. The number of carbonyl (C=O) groups excluding carboxylic acids is 1. The van der Waals surface area contributed by atoms with Gasteiger partial charge in [-0.05, 0) is 56.7 Å². The summed E-state index contributed by atoms with van der Waals surface area (Å²) < 4.78 is 1.88. The van der Waals surface area contributed by atoms with Gasteiger partial charge >= 0.3 is 6.03 Å². The Bertz CT molecular complexity index is 410. The van der Waals surface area contributed by atoms with Gasteiger partial charge in [-0.3, -0.25) is 10.7 Å². The van der Waals surface area contributed by atoms with Gasteiger partial charge in [0.15, 0.2) is 0 Å². The Kier molecular flexibility index (Phi) is 4.33. The van der Waals surface area contributed by atoms with Crippen LogP contribution in [0.4, 0.5) is 10.5 Å². The highest BCUT2D eigenvalue weighted by Gasteiger charge is 2.03. The summed E-state index contributed by atoms with van der Waals surface area (Å²) in [7, 11) is 0. The highest BCUT2D eigenvalue weighted by Crippen LogP contribution is 2.24. The van der Waals surface area contributed by atoms with Crippen LogP contribution in [-0.4, -0.2) is 12.0 Å². The van der Waals surface area contributed by atoms with Crippen molar-refractivity contribution in [2.45, 2.75) is 0 Å². The molecule has 0 saturated carbocycles. The Morgan fingerprint density at radius 1 is 1.53 bits per heavy atom. The molecule has 0 heterocycles. The van der Waals surface area contributed by atoms with Crippen molar-refractivity contribution in [3.8, 4) is 0 Å². The van der Waals surface area contributed by atoms with E-state index in [1.54, 1.807) is 6.07 Å². The maximum atomic E-state index is 10.5. The Morgan fingerprint density at radius 2 is 2.20 bits per heavy atom. The van der Waals surface area contributed by atoms with Gasteiger partial charge in [-0.25, -0.2) is 4.79 Å². The van der Waals surface area contributed by atoms with Gasteiger partial charge in [-0.2, -0.15) is 0 Å². The number of nitrogens with two attached hydrogens (primary N) is 1. The summed E-state index contributed by atoms with van der Waals surface area (Å²) in [6, 6.07) is 4.79. The molecule has 0 bridgehead atoms. The molecule has 2 amide bonds. The van der Waals surface area contributed by atoms with Crippen molar-refractivity contribution in [2.75, 3.05) is 5.32 Å². The molecule has 0 atom stereocenters. The van der Waals surface area contributed by atoms with E-state index in [0.717, 1.165) is 8.04 Å². The first kappa shape index (κ1) is 12.2. The van der Waals surface area contributed by atoms with Gasteiger partial charge in [0.25, 0.3) is 0 Å². The molecule has 1 aromatic rings. The second-order valence-electron chi connectivity index (χ2n) is 2.61. The summed E-state index contributed by atoms with van der Waals surface area (Å²) in [6.45, 7) is 0. The fourth-order valence-corrected chi connectivity index (χ4v) is 2.28. The predicted octanol–water partition coefficient (Wildman–Crippen LogP) is 2.07. The molecular weight excluding hydrogens is 375 g/mol. The van der Waals surface area contributed by atoms with E-state index in [9.17, 15) is 4.79 Å². The third-order valence-electron chi connectivity index (χ3n) is 1.44. The number of carbonyl (C=O) groups is 1.